The summed E-state index contributed by atoms with van der Waals surface area (Å²) in [5.41, 5.74) is 1.98. The minimum atomic E-state index is 0.706. The number of fused-ring (bicyclic) bond motifs is 1. The number of nitrogens with one attached hydrogen (secondary N) is 1. The van der Waals surface area contributed by atoms with Gasteiger partial charge >= 0.3 is 0 Å². The molecule has 96 valence electrons. The third kappa shape index (κ3) is 3.30. The van der Waals surface area contributed by atoms with Crippen LogP contribution in [0.25, 0.3) is 10.9 Å². The lowest BCUT2D eigenvalue weighted by Gasteiger charge is -2.10. The lowest BCUT2D eigenvalue weighted by atomic mass is 10.2. The zero-order valence-corrected chi connectivity index (χ0v) is 12.0. The third-order valence-corrected chi connectivity index (χ3v) is 4.00. The first-order valence-electron chi connectivity index (χ1n) is 6.17. The van der Waals surface area contributed by atoms with Crippen molar-refractivity contribution in [3.8, 4) is 0 Å². The minimum absolute atomic E-state index is 0.706. The Hall–Kier alpha value is -0.930. The van der Waals surface area contributed by atoms with Gasteiger partial charge in [0.25, 0.3) is 0 Å². The predicted octanol–water partition coefficient (Wildman–Crippen LogP) is 4.44. The average Bonchev–Trinajstić information content (AvgIpc) is 2.41. The van der Waals surface area contributed by atoms with Crippen molar-refractivity contribution in [1.29, 1.82) is 0 Å². The Morgan fingerprint density at radius 2 is 2.22 bits per heavy atom. The second kappa shape index (κ2) is 6.86. The Morgan fingerprint density at radius 3 is 3.06 bits per heavy atom. The number of rotatable bonds is 6. The molecule has 0 aliphatic heterocycles. The fraction of sp³-hybridized carbons (Fsp3) is 0.357. The van der Waals surface area contributed by atoms with Crippen LogP contribution in [0.4, 0.5) is 5.69 Å². The maximum absolute atomic E-state index is 6.14. The van der Waals surface area contributed by atoms with Gasteiger partial charge in [-0.05, 0) is 42.2 Å². The Morgan fingerprint density at radius 1 is 1.33 bits per heavy atom. The van der Waals surface area contributed by atoms with Crippen molar-refractivity contribution in [1.82, 2.24) is 4.98 Å². The normalized spacial score (nSPS) is 10.8. The molecule has 1 aromatic carbocycles. The van der Waals surface area contributed by atoms with Crippen molar-refractivity contribution in [2.75, 3.05) is 23.4 Å². The maximum atomic E-state index is 6.14. The molecule has 0 fully saturated rings. The van der Waals surface area contributed by atoms with Crippen molar-refractivity contribution in [3.05, 3.63) is 35.5 Å². The van der Waals surface area contributed by atoms with Crippen LogP contribution in [0.15, 0.2) is 30.5 Å². The van der Waals surface area contributed by atoms with Crippen molar-refractivity contribution in [3.63, 3.8) is 0 Å². The molecule has 0 atom stereocenters. The number of nitrogens with zero attached hydrogens (tertiary/aromatic N) is 1. The van der Waals surface area contributed by atoms with Gasteiger partial charge in [0.15, 0.2) is 0 Å². The number of thioether (sulfide) groups is 1. The van der Waals surface area contributed by atoms with Crippen molar-refractivity contribution >= 4 is 40.0 Å². The highest BCUT2D eigenvalue weighted by molar-refractivity contribution is 7.99. The highest BCUT2D eigenvalue weighted by Crippen LogP contribution is 2.27. The van der Waals surface area contributed by atoms with Crippen LogP contribution in [0.2, 0.25) is 5.02 Å². The van der Waals surface area contributed by atoms with Crippen LogP contribution in [0.1, 0.15) is 13.3 Å². The minimum Gasteiger partial charge on any atom is -0.384 e. The van der Waals surface area contributed by atoms with Gasteiger partial charge in [0.2, 0.25) is 0 Å². The molecule has 4 heteroatoms. The summed E-state index contributed by atoms with van der Waals surface area (Å²) in [4.78, 5) is 4.32. The molecule has 2 rings (SSSR count). The monoisotopic (exact) mass is 280 g/mol. The van der Waals surface area contributed by atoms with Crippen LogP contribution in [0.3, 0.4) is 0 Å². The van der Waals surface area contributed by atoms with Crippen LogP contribution in [0, 0.1) is 0 Å². The summed E-state index contributed by atoms with van der Waals surface area (Å²) in [6.07, 6.45) is 2.94. The lowest BCUT2D eigenvalue weighted by Crippen LogP contribution is -2.03. The molecule has 0 bridgehead atoms. The summed E-state index contributed by atoms with van der Waals surface area (Å²) >= 11 is 8.11. The SMILES string of the molecule is CCSCCCNc1ccc(Cl)c2ncccc12. The molecule has 2 aromatic rings. The van der Waals surface area contributed by atoms with E-state index < -0.39 is 0 Å². The van der Waals surface area contributed by atoms with Gasteiger partial charge in [-0.25, -0.2) is 0 Å². The van der Waals surface area contributed by atoms with Gasteiger partial charge < -0.3 is 5.32 Å². The summed E-state index contributed by atoms with van der Waals surface area (Å²) in [5.74, 6) is 2.39. The molecular formula is C14H17ClN2S. The first-order chi connectivity index (χ1) is 8.83. The van der Waals surface area contributed by atoms with E-state index in [-0.39, 0.29) is 0 Å². The second-order valence-electron chi connectivity index (χ2n) is 3.97. The average molecular weight is 281 g/mol. The Kier molecular flexibility index (Phi) is 5.14. The Bertz CT molecular complexity index is 516. The first kappa shape index (κ1) is 13.5. The number of hydrogen-bond donors (Lipinski definition) is 1. The van der Waals surface area contributed by atoms with E-state index in [1.54, 1.807) is 6.20 Å². The molecule has 0 radical (unpaired) electrons. The predicted molar refractivity (Wildman–Crippen MR) is 82.9 cm³/mol. The van der Waals surface area contributed by atoms with Gasteiger partial charge in [-0.1, -0.05) is 18.5 Å². The molecule has 1 aromatic heterocycles. The summed E-state index contributed by atoms with van der Waals surface area (Å²) < 4.78 is 0. The largest absolute Gasteiger partial charge is 0.384 e. The van der Waals surface area contributed by atoms with E-state index in [1.165, 1.54) is 17.9 Å². The molecule has 0 amide bonds. The van der Waals surface area contributed by atoms with Crippen LogP contribution >= 0.6 is 23.4 Å². The maximum Gasteiger partial charge on any atom is 0.0908 e. The number of aromatic nitrogens is 1. The number of anilines is 1. The van der Waals surface area contributed by atoms with Gasteiger partial charge in [-0.3, -0.25) is 4.98 Å². The van der Waals surface area contributed by atoms with E-state index in [2.05, 4.69) is 23.3 Å². The highest BCUT2D eigenvalue weighted by Gasteiger charge is 2.04. The van der Waals surface area contributed by atoms with Crippen molar-refractivity contribution in [2.45, 2.75) is 13.3 Å². The molecule has 0 saturated carbocycles. The third-order valence-electron chi connectivity index (χ3n) is 2.71. The van der Waals surface area contributed by atoms with Crippen LogP contribution in [-0.2, 0) is 0 Å². The molecule has 1 N–H and O–H groups in total. The first-order valence-corrected chi connectivity index (χ1v) is 7.71. The number of pyridine rings is 1. The smallest absolute Gasteiger partial charge is 0.0908 e. The zero-order valence-electron chi connectivity index (χ0n) is 10.4. The molecule has 0 spiro atoms. The summed E-state index contributed by atoms with van der Waals surface area (Å²) in [7, 11) is 0. The van der Waals surface area contributed by atoms with Crippen LogP contribution < -0.4 is 5.32 Å². The van der Waals surface area contributed by atoms with Gasteiger partial charge in [-0.15, -0.1) is 0 Å². The molecular weight excluding hydrogens is 264 g/mol. The van der Waals surface area contributed by atoms with E-state index in [4.69, 9.17) is 11.6 Å². The zero-order chi connectivity index (χ0) is 12.8. The number of hydrogen-bond acceptors (Lipinski definition) is 3. The number of halogens is 1. The van der Waals surface area contributed by atoms with Crippen LogP contribution in [0.5, 0.6) is 0 Å². The fourth-order valence-electron chi connectivity index (χ4n) is 1.83. The van der Waals surface area contributed by atoms with E-state index in [1.807, 2.05) is 30.0 Å². The molecule has 0 saturated heterocycles. The molecule has 0 aliphatic rings. The van der Waals surface area contributed by atoms with E-state index in [0.29, 0.717) is 5.02 Å². The van der Waals surface area contributed by atoms with Gasteiger partial charge in [-0.2, -0.15) is 11.8 Å². The van der Waals surface area contributed by atoms with E-state index >= 15 is 0 Å². The summed E-state index contributed by atoms with van der Waals surface area (Å²) in [5, 5.41) is 5.26. The lowest BCUT2D eigenvalue weighted by molar-refractivity contribution is 0.993. The Labute approximate surface area is 117 Å². The molecule has 0 unspecified atom stereocenters. The standard InChI is InChI=1S/C14H17ClN2S/c1-2-18-10-4-9-16-13-7-6-12(15)14-11(13)5-3-8-17-14/h3,5-8,16H,2,4,9-10H2,1H3. The van der Waals surface area contributed by atoms with Gasteiger partial charge in [0.1, 0.15) is 0 Å². The summed E-state index contributed by atoms with van der Waals surface area (Å²) in [6.45, 7) is 3.18. The second-order valence-corrected chi connectivity index (χ2v) is 5.77. The topological polar surface area (TPSA) is 24.9 Å². The van der Waals surface area contributed by atoms with Crippen molar-refractivity contribution in [2.24, 2.45) is 0 Å². The molecule has 2 nitrogen and oxygen atoms in total. The quantitative estimate of drug-likeness (QED) is 0.792. The number of benzene rings is 1. The van der Waals surface area contributed by atoms with E-state index in [0.717, 1.165) is 23.1 Å². The molecule has 1 heterocycles. The van der Waals surface area contributed by atoms with Gasteiger partial charge in [0, 0.05) is 23.8 Å². The van der Waals surface area contributed by atoms with Crippen molar-refractivity contribution < 1.29 is 0 Å². The van der Waals surface area contributed by atoms with Crippen LogP contribution in [-0.4, -0.2) is 23.0 Å². The summed E-state index contributed by atoms with van der Waals surface area (Å²) in [6, 6.07) is 7.92. The Balaban J connectivity index is 2.07. The molecule has 18 heavy (non-hydrogen) atoms. The highest BCUT2D eigenvalue weighted by atomic mass is 35.5. The molecule has 0 aliphatic carbocycles. The fourth-order valence-corrected chi connectivity index (χ4v) is 2.68. The van der Waals surface area contributed by atoms with Gasteiger partial charge in [0.05, 0.1) is 10.5 Å². The van der Waals surface area contributed by atoms with E-state index in [9.17, 15) is 0 Å².